The Kier molecular flexibility index (Phi) is 8.10. The van der Waals surface area contributed by atoms with Crippen molar-refractivity contribution in [1.29, 1.82) is 0 Å². The number of nitrogens with zero attached hydrogens (tertiary/aromatic N) is 3. The van der Waals surface area contributed by atoms with Crippen molar-refractivity contribution in [1.82, 2.24) is 10.2 Å². The third-order valence-electron chi connectivity index (χ3n) is 5.30. The first-order valence-electron chi connectivity index (χ1n) is 10.5. The SMILES string of the molecule is O=C(COc1ccc([N+](=O)[O-])cc1)NCCCN1CCN(c2cccc(C(F)(F)F)c2)CC1. The fourth-order valence-electron chi connectivity index (χ4n) is 3.50. The van der Waals surface area contributed by atoms with Gasteiger partial charge in [-0.25, -0.2) is 0 Å². The molecule has 33 heavy (non-hydrogen) atoms. The van der Waals surface area contributed by atoms with Gasteiger partial charge in [0.1, 0.15) is 5.75 Å². The maximum absolute atomic E-state index is 12.9. The van der Waals surface area contributed by atoms with Crippen molar-refractivity contribution in [3.8, 4) is 5.75 Å². The van der Waals surface area contributed by atoms with Crippen LogP contribution in [0.4, 0.5) is 24.5 Å². The Hall–Kier alpha value is -3.34. The molecule has 1 aliphatic rings. The molecule has 1 aliphatic heterocycles. The van der Waals surface area contributed by atoms with Crippen LogP contribution in [0, 0.1) is 10.1 Å². The minimum Gasteiger partial charge on any atom is -0.484 e. The molecule has 2 aromatic rings. The zero-order chi connectivity index (χ0) is 23.8. The van der Waals surface area contributed by atoms with Crippen LogP contribution in [0.15, 0.2) is 48.5 Å². The summed E-state index contributed by atoms with van der Waals surface area (Å²) in [5.41, 5.74) is -0.122. The number of carbonyl (C=O) groups is 1. The van der Waals surface area contributed by atoms with Gasteiger partial charge >= 0.3 is 6.18 Å². The molecule has 0 aliphatic carbocycles. The number of ether oxygens (including phenoxy) is 1. The third-order valence-corrected chi connectivity index (χ3v) is 5.30. The number of rotatable bonds is 9. The Bertz CT molecular complexity index is 945. The van der Waals surface area contributed by atoms with Gasteiger partial charge in [-0.3, -0.25) is 19.8 Å². The van der Waals surface area contributed by atoms with Crippen LogP contribution in [0.2, 0.25) is 0 Å². The van der Waals surface area contributed by atoms with E-state index in [1.165, 1.54) is 36.4 Å². The average molecular weight is 466 g/mol. The summed E-state index contributed by atoms with van der Waals surface area (Å²) in [6.45, 7) is 3.78. The third kappa shape index (κ3) is 7.35. The second-order valence-electron chi connectivity index (χ2n) is 7.62. The highest BCUT2D eigenvalue weighted by Crippen LogP contribution is 2.31. The molecule has 0 spiro atoms. The van der Waals surface area contributed by atoms with E-state index >= 15 is 0 Å². The largest absolute Gasteiger partial charge is 0.484 e. The summed E-state index contributed by atoms with van der Waals surface area (Å²) < 4.78 is 44.1. The fourth-order valence-corrected chi connectivity index (χ4v) is 3.50. The highest BCUT2D eigenvalue weighted by Gasteiger charge is 2.31. The Morgan fingerprint density at radius 2 is 1.79 bits per heavy atom. The summed E-state index contributed by atoms with van der Waals surface area (Å²) in [5, 5.41) is 13.4. The molecule has 1 heterocycles. The summed E-state index contributed by atoms with van der Waals surface area (Å²) in [6.07, 6.45) is -3.62. The van der Waals surface area contributed by atoms with Crippen LogP contribution in [-0.4, -0.2) is 61.6 Å². The number of benzene rings is 2. The van der Waals surface area contributed by atoms with E-state index in [9.17, 15) is 28.1 Å². The molecule has 0 unspecified atom stereocenters. The Morgan fingerprint density at radius 3 is 2.42 bits per heavy atom. The van der Waals surface area contributed by atoms with Crippen LogP contribution in [0.3, 0.4) is 0 Å². The topological polar surface area (TPSA) is 87.9 Å². The molecule has 0 saturated carbocycles. The summed E-state index contributed by atoms with van der Waals surface area (Å²) in [7, 11) is 0. The number of alkyl halides is 3. The molecule has 178 valence electrons. The van der Waals surface area contributed by atoms with Gasteiger partial charge in [-0.15, -0.1) is 0 Å². The van der Waals surface area contributed by atoms with Crippen LogP contribution in [0.25, 0.3) is 0 Å². The second kappa shape index (κ2) is 11.0. The predicted octanol–water partition coefficient (Wildman–Crippen LogP) is 3.32. The number of anilines is 1. The number of hydrogen-bond acceptors (Lipinski definition) is 6. The number of hydrogen-bond donors (Lipinski definition) is 1. The van der Waals surface area contributed by atoms with E-state index in [4.69, 9.17) is 4.74 Å². The lowest BCUT2D eigenvalue weighted by atomic mass is 10.1. The molecule has 0 bridgehead atoms. The normalized spacial score (nSPS) is 14.7. The Balaban J connectivity index is 1.31. The number of halogens is 3. The molecule has 3 rings (SSSR count). The minimum absolute atomic E-state index is 0.0533. The van der Waals surface area contributed by atoms with Gasteiger partial charge in [-0.1, -0.05) is 6.07 Å². The quantitative estimate of drug-likeness (QED) is 0.347. The van der Waals surface area contributed by atoms with Gasteiger partial charge in [-0.2, -0.15) is 13.2 Å². The van der Waals surface area contributed by atoms with Crippen LogP contribution < -0.4 is 15.0 Å². The van der Waals surface area contributed by atoms with E-state index in [0.717, 1.165) is 32.1 Å². The molecule has 1 saturated heterocycles. The highest BCUT2D eigenvalue weighted by atomic mass is 19.4. The standard InChI is InChI=1S/C22H25F3N4O4/c23-22(24,25)17-3-1-4-19(15-17)28-13-11-27(12-14-28)10-2-9-26-21(30)16-33-20-7-5-18(6-8-20)29(31)32/h1,3-8,15H,2,9-14,16H2,(H,26,30). The number of amides is 1. The van der Waals surface area contributed by atoms with Crippen LogP contribution >= 0.6 is 0 Å². The monoisotopic (exact) mass is 466 g/mol. The predicted molar refractivity (Wildman–Crippen MR) is 116 cm³/mol. The van der Waals surface area contributed by atoms with E-state index < -0.39 is 16.7 Å². The molecule has 0 radical (unpaired) electrons. The van der Waals surface area contributed by atoms with E-state index in [0.29, 0.717) is 31.1 Å². The first-order chi connectivity index (χ1) is 15.7. The lowest BCUT2D eigenvalue weighted by molar-refractivity contribution is -0.384. The Labute approximate surface area is 189 Å². The molecular formula is C22H25F3N4O4. The molecule has 1 amide bonds. The first-order valence-corrected chi connectivity index (χ1v) is 10.5. The van der Waals surface area contributed by atoms with Crippen LogP contribution in [-0.2, 0) is 11.0 Å². The van der Waals surface area contributed by atoms with Gasteiger partial charge in [0.25, 0.3) is 11.6 Å². The Morgan fingerprint density at radius 1 is 1.09 bits per heavy atom. The number of nitro benzene ring substituents is 1. The van der Waals surface area contributed by atoms with Gasteiger partial charge < -0.3 is 15.0 Å². The van der Waals surface area contributed by atoms with E-state index in [2.05, 4.69) is 10.2 Å². The van der Waals surface area contributed by atoms with Crippen molar-refractivity contribution >= 4 is 17.3 Å². The molecule has 0 aromatic heterocycles. The van der Waals surface area contributed by atoms with E-state index in [1.807, 2.05) is 4.90 Å². The van der Waals surface area contributed by atoms with E-state index in [1.54, 1.807) is 6.07 Å². The molecule has 0 atom stereocenters. The number of piperazine rings is 1. The zero-order valence-corrected chi connectivity index (χ0v) is 17.9. The molecule has 1 N–H and O–H groups in total. The minimum atomic E-state index is -4.35. The molecule has 1 fully saturated rings. The summed E-state index contributed by atoms with van der Waals surface area (Å²) in [4.78, 5) is 26.2. The van der Waals surface area contributed by atoms with Gasteiger partial charge in [0.2, 0.25) is 0 Å². The summed E-state index contributed by atoms with van der Waals surface area (Å²) in [6, 6.07) is 10.9. The first kappa shape index (κ1) is 24.3. The summed E-state index contributed by atoms with van der Waals surface area (Å²) in [5.74, 6) is 0.0807. The second-order valence-corrected chi connectivity index (χ2v) is 7.62. The number of nitro groups is 1. The molecule has 8 nitrogen and oxygen atoms in total. The average Bonchev–Trinajstić information content (AvgIpc) is 2.80. The fraction of sp³-hybridized carbons (Fsp3) is 0.409. The van der Waals surface area contributed by atoms with Crippen molar-refractivity contribution in [2.75, 3.05) is 50.8 Å². The lowest BCUT2D eigenvalue weighted by Crippen LogP contribution is -2.47. The zero-order valence-electron chi connectivity index (χ0n) is 17.9. The molecule has 2 aromatic carbocycles. The van der Waals surface area contributed by atoms with Gasteiger partial charge in [0.15, 0.2) is 6.61 Å². The van der Waals surface area contributed by atoms with Crippen molar-refractivity contribution in [3.05, 3.63) is 64.2 Å². The maximum Gasteiger partial charge on any atom is 0.416 e. The number of carbonyl (C=O) groups excluding carboxylic acids is 1. The molecular weight excluding hydrogens is 441 g/mol. The van der Waals surface area contributed by atoms with Crippen LogP contribution in [0.5, 0.6) is 5.75 Å². The van der Waals surface area contributed by atoms with Crippen LogP contribution in [0.1, 0.15) is 12.0 Å². The van der Waals surface area contributed by atoms with Gasteiger partial charge in [0, 0.05) is 50.5 Å². The maximum atomic E-state index is 12.9. The van der Waals surface area contributed by atoms with Crippen molar-refractivity contribution < 1.29 is 27.6 Å². The van der Waals surface area contributed by atoms with Crippen molar-refractivity contribution in [2.24, 2.45) is 0 Å². The van der Waals surface area contributed by atoms with Crippen molar-refractivity contribution in [2.45, 2.75) is 12.6 Å². The van der Waals surface area contributed by atoms with Gasteiger partial charge in [0.05, 0.1) is 10.5 Å². The van der Waals surface area contributed by atoms with E-state index in [-0.39, 0.29) is 18.2 Å². The van der Waals surface area contributed by atoms with Gasteiger partial charge in [-0.05, 0) is 43.3 Å². The summed E-state index contributed by atoms with van der Waals surface area (Å²) >= 11 is 0. The van der Waals surface area contributed by atoms with Crippen molar-refractivity contribution in [3.63, 3.8) is 0 Å². The smallest absolute Gasteiger partial charge is 0.416 e. The number of nitrogens with one attached hydrogen (secondary N) is 1. The highest BCUT2D eigenvalue weighted by molar-refractivity contribution is 5.77. The number of non-ortho nitro benzene ring substituents is 1. The molecule has 11 heteroatoms. The lowest BCUT2D eigenvalue weighted by Gasteiger charge is -2.36.